The normalized spacial score (nSPS) is 46.2. The van der Waals surface area contributed by atoms with Gasteiger partial charge in [-0.15, -0.1) is 0 Å². The molecule has 5 atom stereocenters. The van der Waals surface area contributed by atoms with Crippen LogP contribution in [0.15, 0.2) is 0 Å². The Balaban J connectivity index is 1.29. The highest BCUT2D eigenvalue weighted by Gasteiger charge is 2.40. The smallest absolute Gasteiger partial charge is 0.0301 e. The molecule has 1 aliphatic carbocycles. The van der Waals surface area contributed by atoms with E-state index >= 15 is 0 Å². The van der Waals surface area contributed by atoms with Gasteiger partial charge in [0.2, 0.25) is 0 Å². The first-order valence-corrected chi connectivity index (χ1v) is 8.39. The van der Waals surface area contributed by atoms with Crippen LogP contribution in [0.3, 0.4) is 0 Å². The van der Waals surface area contributed by atoms with Crippen LogP contribution in [0, 0.1) is 5.92 Å². The summed E-state index contributed by atoms with van der Waals surface area (Å²) in [6.45, 7) is 3.61. The van der Waals surface area contributed by atoms with Gasteiger partial charge in [0.15, 0.2) is 0 Å². The van der Waals surface area contributed by atoms with Crippen molar-refractivity contribution < 1.29 is 0 Å². The SMILES string of the molecule is CN1CC2CCC1CC2NNN1CC2CCC(C1)N2C. The average molecular weight is 279 g/mol. The van der Waals surface area contributed by atoms with Crippen molar-refractivity contribution >= 4 is 0 Å². The van der Waals surface area contributed by atoms with Crippen molar-refractivity contribution in [3.8, 4) is 0 Å². The summed E-state index contributed by atoms with van der Waals surface area (Å²) < 4.78 is 0. The first-order chi connectivity index (χ1) is 9.70. The molecule has 4 heterocycles. The number of hydrogen-bond donors (Lipinski definition) is 2. The summed E-state index contributed by atoms with van der Waals surface area (Å²) in [6.07, 6.45) is 6.87. The number of likely N-dealkylation sites (N-methyl/N-ethyl adjacent to an activating group) is 1. The van der Waals surface area contributed by atoms with Crippen LogP contribution in [0.4, 0.5) is 0 Å². The molecule has 4 saturated heterocycles. The Bertz CT molecular complexity index is 348. The van der Waals surface area contributed by atoms with Crippen LogP contribution < -0.4 is 11.0 Å². The van der Waals surface area contributed by atoms with Crippen molar-refractivity contribution in [2.45, 2.75) is 56.3 Å². The number of hydrogen-bond acceptors (Lipinski definition) is 5. The van der Waals surface area contributed by atoms with E-state index in [1.807, 2.05) is 0 Å². The highest BCUT2D eigenvalue weighted by Crippen LogP contribution is 2.34. The van der Waals surface area contributed by atoms with Gasteiger partial charge in [-0.1, -0.05) is 0 Å². The van der Waals surface area contributed by atoms with Gasteiger partial charge in [0.25, 0.3) is 0 Å². The molecule has 2 N–H and O–H groups in total. The van der Waals surface area contributed by atoms with E-state index in [4.69, 9.17) is 0 Å². The van der Waals surface area contributed by atoms with Gasteiger partial charge in [0.05, 0.1) is 0 Å². The fraction of sp³-hybridized carbons (Fsp3) is 1.00. The zero-order chi connectivity index (χ0) is 13.7. The first-order valence-electron chi connectivity index (χ1n) is 8.39. The highest BCUT2D eigenvalue weighted by molar-refractivity contribution is 4.96. The second kappa shape index (κ2) is 5.21. The van der Waals surface area contributed by atoms with Crippen molar-refractivity contribution in [1.29, 1.82) is 0 Å². The van der Waals surface area contributed by atoms with E-state index in [0.717, 1.165) is 24.0 Å². The quantitative estimate of drug-likeness (QED) is 0.724. The highest BCUT2D eigenvalue weighted by atomic mass is 15.7. The third kappa shape index (κ3) is 2.29. The minimum absolute atomic E-state index is 0.669. The molecule has 20 heavy (non-hydrogen) atoms. The summed E-state index contributed by atoms with van der Waals surface area (Å²) in [5.41, 5.74) is 7.21. The third-order valence-corrected chi connectivity index (χ3v) is 6.37. The fourth-order valence-electron chi connectivity index (χ4n) is 4.90. The van der Waals surface area contributed by atoms with Crippen molar-refractivity contribution in [3.05, 3.63) is 0 Å². The molecular weight excluding hydrogens is 250 g/mol. The maximum atomic E-state index is 3.66. The van der Waals surface area contributed by atoms with Crippen molar-refractivity contribution in [3.63, 3.8) is 0 Å². The summed E-state index contributed by atoms with van der Waals surface area (Å²) in [5, 5.41) is 2.42. The number of nitrogens with zero attached hydrogens (tertiary/aromatic N) is 3. The molecule has 5 unspecified atom stereocenters. The Hall–Kier alpha value is -0.200. The molecule has 5 aliphatic rings. The Morgan fingerprint density at radius 3 is 2.15 bits per heavy atom. The Labute approximate surface area is 122 Å². The van der Waals surface area contributed by atoms with E-state index in [9.17, 15) is 0 Å². The summed E-state index contributed by atoms with van der Waals surface area (Å²) >= 11 is 0. The van der Waals surface area contributed by atoms with Gasteiger partial charge in [-0.25, -0.2) is 10.4 Å². The molecule has 5 rings (SSSR count). The maximum Gasteiger partial charge on any atom is 0.0301 e. The van der Waals surface area contributed by atoms with Crippen molar-refractivity contribution in [2.24, 2.45) is 5.92 Å². The second-order valence-corrected chi connectivity index (χ2v) is 7.48. The minimum atomic E-state index is 0.669. The number of piperidine rings is 2. The molecule has 0 radical (unpaired) electrons. The predicted molar refractivity (Wildman–Crippen MR) is 80.0 cm³/mol. The molecule has 114 valence electrons. The first kappa shape index (κ1) is 13.5. The zero-order valence-electron chi connectivity index (χ0n) is 12.9. The van der Waals surface area contributed by atoms with Crippen LogP contribution in [0.2, 0.25) is 0 Å². The molecule has 0 aromatic carbocycles. The number of hydrazine groups is 2. The lowest BCUT2D eigenvalue weighted by Crippen LogP contribution is -2.64. The van der Waals surface area contributed by atoms with Crippen LogP contribution in [0.25, 0.3) is 0 Å². The maximum absolute atomic E-state index is 3.66. The lowest BCUT2D eigenvalue weighted by atomic mass is 9.77. The second-order valence-electron chi connectivity index (χ2n) is 7.48. The van der Waals surface area contributed by atoms with Crippen molar-refractivity contribution in [2.75, 3.05) is 33.7 Å². The van der Waals surface area contributed by atoms with Gasteiger partial charge >= 0.3 is 0 Å². The van der Waals surface area contributed by atoms with Crippen LogP contribution in [0.5, 0.6) is 0 Å². The summed E-state index contributed by atoms with van der Waals surface area (Å²) in [4.78, 5) is 5.14. The molecule has 5 heteroatoms. The van der Waals surface area contributed by atoms with Crippen molar-refractivity contribution in [1.82, 2.24) is 25.8 Å². The molecule has 0 aromatic heterocycles. The van der Waals surface area contributed by atoms with Gasteiger partial charge in [-0.3, -0.25) is 4.90 Å². The lowest BCUT2D eigenvalue weighted by molar-refractivity contribution is -0.00456. The molecule has 5 fully saturated rings. The molecule has 4 bridgehead atoms. The molecule has 1 saturated carbocycles. The van der Waals surface area contributed by atoms with Gasteiger partial charge in [-0.05, 0) is 52.1 Å². The van der Waals surface area contributed by atoms with Crippen LogP contribution in [-0.4, -0.2) is 72.7 Å². The van der Waals surface area contributed by atoms with Gasteiger partial charge in [0.1, 0.15) is 0 Å². The summed E-state index contributed by atoms with van der Waals surface area (Å²) in [6, 6.07) is 3.00. The largest absolute Gasteiger partial charge is 0.303 e. The van der Waals surface area contributed by atoms with Crippen LogP contribution in [0.1, 0.15) is 32.1 Å². The van der Waals surface area contributed by atoms with E-state index in [2.05, 4.69) is 39.9 Å². The topological polar surface area (TPSA) is 33.8 Å². The van der Waals surface area contributed by atoms with Crippen LogP contribution >= 0.6 is 0 Å². The van der Waals surface area contributed by atoms with Gasteiger partial charge < -0.3 is 4.90 Å². The molecule has 4 aliphatic heterocycles. The molecule has 5 nitrogen and oxygen atoms in total. The van der Waals surface area contributed by atoms with Gasteiger partial charge in [0, 0.05) is 43.8 Å². The number of rotatable bonds is 3. The number of nitrogens with one attached hydrogen (secondary N) is 2. The Morgan fingerprint density at radius 2 is 1.55 bits per heavy atom. The molecule has 0 amide bonds. The van der Waals surface area contributed by atoms with E-state index in [1.165, 1.54) is 51.7 Å². The molecule has 0 spiro atoms. The van der Waals surface area contributed by atoms with E-state index in [0.29, 0.717) is 6.04 Å². The van der Waals surface area contributed by atoms with E-state index in [-0.39, 0.29) is 0 Å². The van der Waals surface area contributed by atoms with E-state index < -0.39 is 0 Å². The number of fused-ring (bicyclic) bond motifs is 5. The minimum Gasteiger partial charge on any atom is -0.303 e. The Kier molecular flexibility index (Phi) is 3.51. The number of piperazine rings is 1. The standard InChI is InChI=1S/C15H29N5/c1-18-8-11-3-4-12(18)7-15(11)16-17-20-9-13-5-6-14(10-20)19(13)2/h11-17H,3-10H2,1-2H3. The van der Waals surface area contributed by atoms with Gasteiger partial charge in [-0.2, -0.15) is 5.53 Å². The fourth-order valence-corrected chi connectivity index (χ4v) is 4.90. The third-order valence-electron chi connectivity index (χ3n) is 6.37. The molecular formula is C15H29N5. The van der Waals surface area contributed by atoms with Crippen LogP contribution in [-0.2, 0) is 0 Å². The molecule has 0 aromatic rings. The monoisotopic (exact) mass is 279 g/mol. The Morgan fingerprint density at radius 1 is 0.850 bits per heavy atom. The average Bonchev–Trinajstić information content (AvgIpc) is 2.68. The lowest BCUT2D eigenvalue weighted by Gasteiger charge is -2.49. The van der Waals surface area contributed by atoms with E-state index in [1.54, 1.807) is 0 Å². The zero-order valence-corrected chi connectivity index (χ0v) is 12.9. The summed E-state index contributed by atoms with van der Waals surface area (Å²) in [7, 11) is 4.58. The predicted octanol–water partition coefficient (Wildman–Crippen LogP) is 0.257. The summed E-state index contributed by atoms with van der Waals surface area (Å²) in [5.74, 6) is 0.835.